The summed E-state index contributed by atoms with van der Waals surface area (Å²) < 4.78 is 5.83. The summed E-state index contributed by atoms with van der Waals surface area (Å²) in [7, 11) is 0. The molecule has 3 N–H and O–H groups in total. The van der Waals surface area contributed by atoms with E-state index < -0.39 is 0 Å². The second kappa shape index (κ2) is 5.40. The fourth-order valence-electron chi connectivity index (χ4n) is 1.89. The minimum Gasteiger partial charge on any atom is -0.490 e. The largest absolute Gasteiger partial charge is 0.490 e. The van der Waals surface area contributed by atoms with Gasteiger partial charge >= 0.3 is 0 Å². The Labute approximate surface area is 106 Å². The zero-order valence-electron chi connectivity index (χ0n) is 10.2. The summed E-state index contributed by atoms with van der Waals surface area (Å²) in [5, 5.41) is 13.7. The first-order valence-corrected chi connectivity index (χ1v) is 5.81. The van der Waals surface area contributed by atoms with Crippen molar-refractivity contribution in [3.63, 3.8) is 0 Å². The van der Waals surface area contributed by atoms with Crippen LogP contribution in [0.5, 0.6) is 5.75 Å². The van der Waals surface area contributed by atoms with Crippen LogP contribution >= 0.6 is 0 Å². The molecule has 0 radical (unpaired) electrons. The standard InChI is InChI=1S/C14H16N2O2/c1-10(9-14(15)16-17)18-13-8-4-6-11-5-2-3-7-12(11)13/h2-8,10,17H,9H2,1H3,(H2,15,16). The van der Waals surface area contributed by atoms with Crippen molar-refractivity contribution in [2.24, 2.45) is 10.9 Å². The van der Waals surface area contributed by atoms with Gasteiger partial charge in [0.05, 0.1) is 0 Å². The van der Waals surface area contributed by atoms with Gasteiger partial charge < -0.3 is 15.7 Å². The van der Waals surface area contributed by atoms with Gasteiger partial charge in [-0.2, -0.15) is 0 Å². The minimum absolute atomic E-state index is 0.147. The maximum Gasteiger partial charge on any atom is 0.142 e. The molecule has 0 heterocycles. The second-order valence-electron chi connectivity index (χ2n) is 4.20. The number of ether oxygens (including phenoxy) is 1. The van der Waals surface area contributed by atoms with Crippen LogP contribution in [0.2, 0.25) is 0 Å². The lowest BCUT2D eigenvalue weighted by atomic mass is 10.1. The SMILES string of the molecule is CC(C/C(N)=N\O)Oc1cccc2ccccc12. The average molecular weight is 244 g/mol. The molecule has 4 nitrogen and oxygen atoms in total. The predicted molar refractivity (Wildman–Crippen MR) is 72.1 cm³/mol. The van der Waals surface area contributed by atoms with Crippen LogP contribution in [-0.2, 0) is 0 Å². The van der Waals surface area contributed by atoms with Gasteiger partial charge in [0.2, 0.25) is 0 Å². The van der Waals surface area contributed by atoms with Gasteiger partial charge in [-0.25, -0.2) is 0 Å². The van der Waals surface area contributed by atoms with Gasteiger partial charge in [-0.3, -0.25) is 0 Å². The van der Waals surface area contributed by atoms with Crippen LogP contribution in [0, 0.1) is 0 Å². The third kappa shape index (κ3) is 2.71. The first kappa shape index (κ1) is 12.2. The molecule has 0 fully saturated rings. The second-order valence-corrected chi connectivity index (χ2v) is 4.20. The van der Waals surface area contributed by atoms with E-state index in [0.717, 1.165) is 16.5 Å². The third-order valence-electron chi connectivity index (χ3n) is 2.70. The smallest absolute Gasteiger partial charge is 0.142 e. The van der Waals surface area contributed by atoms with E-state index in [1.807, 2.05) is 49.4 Å². The highest BCUT2D eigenvalue weighted by molar-refractivity contribution is 5.88. The summed E-state index contributed by atoms with van der Waals surface area (Å²) >= 11 is 0. The monoisotopic (exact) mass is 244 g/mol. The Bertz CT molecular complexity index is 561. The Hall–Kier alpha value is -2.23. The molecule has 0 spiro atoms. The Balaban J connectivity index is 2.21. The van der Waals surface area contributed by atoms with Crippen LogP contribution in [0.3, 0.4) is 0 Å². The molecule has 0 aliphatic rings. The van der Waals surface area contributed by atoms with Gasteiger partial charge in [0.15, 0.2) is 0 Å². The van der Waals surface area contributed by atoms with E-state index in [4.69, 9.17) is 15.7 Å². The van der Waals surface area contributed by atoms with Gasteiger partial charge in [0.25, 0.3) is 0 Å². The van der Waals surface area contributed by atoms with E-state index in [1.165, 1.54) is 0 Å². The number of hydrogen-bond donors (Lipinski definition) is 2. The molecule has 0 aromatic heterocycles. The van der Waals surface area contributed by atoms with Crippen molar-refractivity contribution in [1.82, 2.24) is 0 Å². The molecule has 2 aromatic rings. The molecule has 2 rings (SSSR count). The van der Waals surface area contributed by atoms with E-state index in [-0.39, 0.29) is 11.9 Å². The van der Waals surface area contributed by atoms with Crippen LogP contribution in [-0.4, -0.2) is 17.1 Å². The van der Waals surface area contributed by atoms with E-state index in [1.54, 1.807) is 0 Å². The first-order valence-electron chi connectivity index (χ1n) is 5.81. The fraction of sp³-hybridized carbons (Fsp3) is 0.214. The minimum atomic E-state index is -0.147. The maximum absolute atomic E-state index is 8.53. The van der Waals surface area contributed by atoms with Gasteiger partial charge in [-0.1, -0.05) is 41.6 Å². The molecule has 0 aliphatic carbocycles. The van der Waals surface area contributed by atoms with Gasteiger partial charge in [0.1, 0.15) is 17.7 Å². The molecule has 4 heteroatoms. The first-order chi connectivity index (χ1) is 8.70. The lowest BCUT2D eigenvalue weighted by molar-refractivity contribution is 0.229. The topological polar surface area (TPSA) is 67.8 Å². The van der Waals surface area contributed by atoms with Crippen LogP contribution in [0.4, 0.5) is 0 Å². The van der Waals surface area contributed by atoms with Crippen molar-refractivity contribution >= 4 is 16.6 Å². The molecular weight excluding hydrogens is 228 g/mol. The van der Waals surface area contributed by atoms with Crippen LogP contribution in [0.1, 0.15) is 13.3 Å². The van der Waals surface area contributed by atoms with Crippen molar-refractivity contribution in [3.8, 4) is 5.75 Å². The molecule has 0 saturated heterocycles. The summed E-state index contributed by atoms with van der Waals surface area (Å²) in [6.45, 7) is 1.89. The third-order valence-corrected chi connectivity index (χ3v) is 2.70. The number of rotatable bonds is 4. The highest BCUT2D eigenvalue weighted by Crippen LogP contribution is 2.26. The number of fused-ring (bicyclic) bond motifs is 1. The summed E-state index contributed by atoms with van der Waals surface area (Å²) in [5.74, 6) is 0.981. The molecule has 2 aromatic carbocycles. The fourth-order valence-corrected chi connectivity index (χ4v) is 1.89. The molecule has 0 aliphatic heterocycles. The molecule has 0 bridgehead atoms. The molecule has 18 heavy (non-hydrogen) atoms. The zero-order valence-corrected chi connectivity index (χ0v) is 10.2. The van der Waals surface area contributed by atoms with Crippen LogP contribution < -0.4 is 10.5 Å². The van der Waals surface area contributed by atoms with E-state index in [2.05, 4.69) is 5.16 Å². The Morgan fingerprint density at radius 1 is 1.28 bits per heavy atom. The van der Waals surface area contributed by atoms with Crippen molar-refractivity contribution in [2.75, 3.05) is 0 Å². The van der Waals surface area contributed by atoms with Crippen LogP contribution in [0.15, 0.2) is 47.6 Å². The lowest BCUT2D eigenvalue weighted by Crippen LogP contribution is -2.22. The van der Waals surface area contributed by atoms with Gasteiger partial charge in [-0.15, -0.1) is 0 Å². The van der Waals surface area contributed by atoms with E-state index in [9.17, 15) is 0 Å². The number of amidine groups is 1. The zero-order chi connectivity index (χ0) is 13.0. The Morgan fingerprint density at radius 2 is 2.00 bits per heavy atom. The molecule has 94 valence electrons. The average Bonchev–Trinajstić information content (AvgIpc) is 2.39. The maximum atomic E-state index is 8.53. The van der Waals surface area contributed by atoms with Crippen molar-refractivity contribution < 1.29 is 9.94 Å². The predicted octanol–water partition coefficient (Wildman–Crippen LogP) is 2.74. The quantitative estimate of drug-likeness (QED) is 0.376. The van der Waals surface area contributed by atoms with E-state index in [0.29, 0.717) is 6.42 Å². The number of oxime groups is 1. The summed E-state index contributed by atoms with van der Waals surface area (Å²) in [4.78, 5) is 0. The van der Waals surface area contributed by atoms with Gasteiger partial charge in [-0.05, 0) is 18.4 Å². The number of benzene rings is 2. The Kier molecular flexibility index (Phi) is 3.67. The van der Waals surface area contributed by atoms with E-state index >= 15 is 0 Å². The Morgan fingerprint density at radius 3 is 2.78 bits per heavy atom. The lowest BCUT2D eigenvalue weighted by Gasteiger charge is -2.15. The number of hydrogen-bond acceptors (Lipinski definition) is 3. The molecular formula is C14H16N2O2. The number of nitrogens with zero attached hydrogens (tertiary/aromatic N) is 1. The summed E-state index contributed by atoms with van der Waals surface area (Å²) in [6, 6.07) is 13.9. The molecule has 0 amide bonds. The highest BCUT2D eigenvalue weighted by atomic mass is 16.5. The summed E-state index contributed by atoms with van der Waals surface area (Å²) in [6.07, 6.45) is 0.242. The molecule has 0 saturated carbocycles. The normalized spacial score (nSPS) is 13.5. The van der Waals surface area contributed by atoms with Crippen molar-refractivity contribution in [1.29, 1.82) is 0 Å². The van der Waals surface area contributed by atoms with Gasteiger partial charge in [0, 0.05) is 11.8 Å². The highest BCUT2D eigenvalue weighted by Gasteiger charge is 2.09. The van der Waals surface area contributed by atoms with Crippen molar-refractivity contribution in [3.05, 3.63) is 42.5 Å². The summed E-state index contributed by atoms with van der Waals surface area (Å²) in [5.41, 5.74) is 5.46. The molecule has 1 unspecified atom stereocenters. The van der Waals surface area contributed by atoms with Crippen molar-refractivity contribution in [2.45, 2.75) is 19.4 Å². The van der Waals surface area contributed by atoms with Crippen LogP contribution in [0.25, 0.3) is 10.8 Å². The molecule has 1 atom stereocenters. The number of nitrogens with two attached hydrogens (primary N) is 1.